The molecule has 5 amide bonds. The predicted molar refractivity (Wildman–Crippen MR) is 150 cm³/mol. The smallest absolute Gasteiger partial charge is 0.247 e. The maximum atomic E-state index is 13.8. The van der Waals surface area contributed by atoms with Crippen LogP contribution in [0.15, 0.2) is 24.3 Å². The fourth-order valence-corrected chi connectivity index (χ4v) is 5.88. The van der Waals surface area contributed by atoms with Gasteiger partial charge in [0.1, 0.15) is 12.1 Å². The fourth-order valence-electron chi connectivity index (χ4n) is 5.88. The van der Waals surface area contributed by atoms with Crippen molar-refractivity contribution in [3.05, 3.63) is 29.8 Å². The lowest BCUT2D eigenvalue weighted by Gasteiger charge is -2.38. The molecular formula is C29H42N6O5. The predicted octanol–water partition coefficient (Wildman–Crippen LogP) is 0.691. The van der Waals surface area contributed by atoms with Gasteiger partial charge in [-0.15, -0.1) is 0 Å². The van der Waals surface area contributed by atoms with Gasteiger partial charge in [0, 0.05) is 18.3 Å². The van der Waals surface area contributed by atoms with E-state index >= 15 is 0 Å². The monoisotopic (exact) mass is 554 g/mol. The summed E-state index contributed by atoms with van der Waals surface area (Å²) in [6, 6.07) is 5.19. The summed E-state index contributed by atoms with van der Waals surface area (Å²) in [5.74, 6) is -0.600. The van der Waals surface area contributed by atoms with Gasteiger partial charge in [-0.25, -0.2) is 0 Å². The Kier molecular flexibility index (Phi) is 8.82. The number of β-lactam (4-membered cyclic amide) rings is 1. The quantitative estimate of drug-likeness (QED) is 0.284. The van der Waals surface area contributed by atoms with Gasteiger partial charge in [-0.1, -0.05) is 32.9 Å². The van der Waals surface area contributed by atoms with E-state index in [1.807, 2.05) is 31.7 Å². The van der Waals surface area contributed by atoms with E-state index < -0.39 is 23.5 Å². The maximum Gasteiger partial charge on any atom is 0.247 e. The molecule has 6 unspecified atom stereocenters. The van der Waals surface area contributed by atoms with Crippen LogP contribution in [-0.2, 0) is 30.4 Å². The highest BCUT2D eigenvalue weighted by Crippen LogP contribution is 2.39. The number of amides is 5. The number of fused-ring (bicyclic) bond motifs is 1. The summed E-state index contributed by atoms with van der Waals surface area (Å²) in [6.07, 6.45) is 2.91. The molecule has 0 aromatic heterocycles. The summed E-state index contributed by atoms with van der Waals surface area (Å²) in [7, 11) is 1.71. The Labute approximate surface area is 235 Å². The lowest BCUT2D eigenvalue weighted by atomic mass is 9.85. The summed E-state index contributed by atoms with van der Waals surface area (Å²) < 4.78 is 0. The van der Waals surface area contributed by atoms with Gasteiger partial charge in [0.15, 0.2) is 0 Å². The minimum atomic E-state index is -0.683. The van der Waals surface area contributed by atoms with Crippen LogP contribution in [0.3, 0.4) is 0 Å². The molecule has 0 spiro atoms. The first-order chi connectivity index (χ1) is 18.9. The van der Waals surface area contributed by atoms with E-state index in [9.17, 15) is 24.0 Å². The van der Waals surface area contributed by atoms with Crippen LogP contribution < -0.4 is 26.6 Å². The fraction of sp³-hybridized carbons (Fsp3) is 0.621. The Hall–Kier alpha value is -3.47. The summed E-state index contributed by atoms with van der Waals surface area (Å²) in [5.41, 5.74) is 0.823. The largest absolute Gasteiger partial charge is 0.351 e. The molecule has 0 bridgehead atoms. The number of hydrogen-bond donors (Lipinski definition) is 5. The summed E-state index contributed by atoms with van der Waals surface area (Å²) in [4.78, 5) is 64.8. The van der Waals surface area contributed by atoms with E-state index in [0.29, 0.717) is 18.2 Å². The highest BCUT2D eigenvalue weighted by molar-refractivity contribution is 6.03. The van der Waals surface area contributed by atoms with Gasteiger partial charge in [-0.2, -0.15) is 0 Å². The van der Waals surface area contributed by atoms with Gasteiger partial charge < -0.3 is 31.5 Å². The number of nitrogens with one attached hydrogen (secondary N) is 5. The van der Waals surface area contributed by atoms with Crippen LogP contribution in [-0.4, -0.2) is 78.2 Å². The molecule has 218 valence electrons. The molecule has 2 aliphatic heterocycles. The molecule has 0 radical (unpaired) electrons. The van der Waals surface area contributed by atoms with E-state index in [4.69, 9.17) is 0 Å². The Morgan fingerprint density at radius 3 is 2.50 bits per heavy atom. The van der Waals surface area contributed by atoms with E-state index in [0.717, 1.165) is 24.8 Å². The van der Waals surface area contributed by atoms with E-state index in [-0.39, 0.29) is 54.5 Å². The van der Waals surface area contributed by atoms with Crippen molar-refractivity contribution in [3.63, 3.8) is 0 Å². The minimum Gasteiger partial charge on any atom is -0.351 e. The number of anilines is 1. The zero-order chi connectivity index (χ0) is 29.2. The highest BCUT2D eigenvalue weighted by atomic mass is 16.2. The van der Waals surface area contributed by atoms with Gasteiger partial charge in [0.2, 0.25) is 29.5 Å². The van der Waals surface area contributed by atoms with Gasteiger partial charge in [-0.05, 0) is 62.3 Å². The standard InChI is InChI=1S/C29H42N6O5/c1-16(30-5)26(38)34-25(29(2,3)4)28(40)35-12-11-18-9-10-20(24(18)35)32-22(36)14-17-7-6-8-19(13-17)31-27(39)21-15-23(37)33-21/h6-8,13,16,18,20-21,24-25,30H,9-12,14-15H2,1-5H3,(H,31,39)(H,32,36)(H,33,37)(H,34,38). The van der Waals surface area contributed by atoms with Crippen LogP contribution in [0.4, 0.5) is 5.69 Å². The molecule has 3 fully saturated rings. The highest BCUT2D eigenvalue weighted by Gasteiger charge is 2.49. The average Bonchev–Trinajstić information content (AvgIpc) is 3.46. The lowest BCUT2D eigenvalue weighted by molar-refractivity contribution is -0.141. The normalized spacial score (nSPS) is 25.2. The molecule has 4 rings (SSSR count). The molecule has 11 nitrogen and oxygen atoms in total. The summed E-state index contributed by atoms with van der Waals surface area (Å²) in [6.45, 7) is 8.19. The molecule has 40 heavy (non-hydrogen) atoms. The number of carbonyl (C=O) groups is 5. The van der Waals surface area contributed by atoms with E-state index in [2.05, 4.69) is 26.6 Å². The molecule has 1 aromatic carbocycles. The molecule has 1 aliphatic carbocycles. The third-order valence-corrected chi connectivity index (χ3v) is 8.30. The molecule has 2 saturated heterocycles. The molecule has 3 aliphatic rings. The number of nitrogens with zero attached hydrogens (tertiary/aromatic N) is 1. The molecule has 5 N–H and O–H groups in total. The maximum absolute atomic E-state index is 13.8. The van der Waals surface area contributed by atoms with Gasteiger partial charge >= 0.3 is 0 Å². The molecule has 11 heteroatoms. The van der Waals surface area contributed by atoms with Crippen LogP contribution in [0.1, 0.15) is 58.9 Å². The third kappa shape index (κ3) is 6.63. The second kappa shape index (κ2) is 12.0. The zero-order valence-corrected chi connectivity index (χ0v) is 24.0. The minimum absolute atomic E-state index is 0.108. The number of rotatable bonds is 9. The average molecular weight is 555 g/mol. The first-order valence-electron chi connectivity index (χ1n) is 14.1. The lowest BCUT2D eigenvalue weighted by Crippen LogP contribution is -2.60. The second-order valence-corrected chi connectivity index (χ2v) is 12.3. The van der Waals surface area contributed by atoms with Crippen LogP contribution >= 0.6 is 0 Å². The topological polar surface area (TPSA) is 149 Å². The zero-order valence-electron chi connectivity index (χ0n) is 24.0. The van der Waals surface area contributed by atoms with Crippen LogP contribution in [0.25, 0.3) is 0 Å². The first kappa shape index (κ1) is 29.5. The van der Waals surface area contributed by atoms with Gasteiger partial charge in [-0.3, -0.25) is 24.0 Å². The molecule has 6 atom stereocenters. The number of hydrogen-bond acceptors (Lipinski definition) is 6. The van der Waals surface area contributed by atoms with Crippen LogP contribution in [0, 0.1) is 11.3 Å². The Balaban J connectivity index is 1.39. The number of likely N-dealkylation sites (N-methyl/N-ethyl adjacent to an activating group) is 1. The van der Waals surface area contributed by atoms with Crippen molar-refractivity contribution < 1.29 is 24.0 Å². The van der Waals surface area contributed by atoms with E-state index in [1.54, 1.807) is 32.2 Å². The van der Waals surface area contributed by atoms with E-state index in [1.165, 1.54) is 0 Å². The Morgan fingerprint density at radius 1 is 1.12 bits per heavy atom. The molecule has 1 aromatic rings. The number of likely N-dealkylation sites (tertiary alicyclic amines) is 1. The molecule has 1 saturated carbocycles. The van der Waals surface area contributed by atoms with Crippen molar-refractivity contribution in [1.82, 2.24) is 26.2 Å². The Bertz CT molecular complexity index is 1160. The van der Waals surface area contributed by atoms with Gasteiger partial charge in [0.25, 0.3) is 0 Å². The van der Waals surface area contributed by atoms with Gasteiger partial charge in [0.05, 0.1) is 24.9 Å². The van der Waals surface area contributed by atoms with Crippen molar-refractivity contribution in [1.29, 1.82) is 0 Å². The van der Waals surface area contributed by atoms with Crippen molar-refractivity contribution in [2.75, 3.05) is 18.9 Å². The molecule has 2 heterocycles. The number of benzene rings is 1. The van der Waals surface area contributed by atoms with Crippen molar-refractivity contribution >= 4 is 35.2 Å². The first-order valence-corrected chi connectivity index (χ1v) is 14.1. The Morgan fingerprint density at radius 2 is 1.85 bits per heavy atom. The SMILES string of the molecule is CNC(C)C(=O)NC(C(=O)N1CCC2CCC(NC(=O)Cc3cccc(NC(=O)C4CC(=O)N4)c3)C21)C(C)(C)C. The summed E-state index contributed by atoms with van der Waals surface area (Å²) in [5, 5.41) is 14.4. The van der Waals surface area contributed by atoms with Crippen molar-refractivity contribution in [2.45, 2.75) is 90.0 Å². The van der Waals surface area contributed by atoms with Crippen LogP contribution in [0.5, 0.6) is 0 Å². The summed E-state index contributed by atoms with van der Waals surface area (Å²) >= 11 is 0. The molecular weight excluding hydrogens is 512 g/mol. The van der Waals surface area contributed by atoms with Crippen molar-refractivity contribution in [3.8, 4) is 0 Å². The number of carbonyl (C=O) groups excluding carboxylic acids is 5. The van der Waals surface area contributed by atoms with Crippen molar-refractivity contribution in [2.24, 2.45) is 11.3 Å². The second-order valence-electron chi connectivity index (χ2n) is 12.3. The van der Waals surface area contributed by atoms with Crippen LogP contribution in [0.2, 0.25) is 0 Å². The third-order valence-electron chi connectivity index (χ3n) is 8.30.